The molecule has 1 heterocycles. The third kappa shape index (κ3) is 6.23. The van der Waals surface area contributed by atoms with E-state index in [0.29, 0.717) is 24.5 Å². The number of nitrogens with zero attached hydrogens (tertiary/aromatic N) is 1. The lowest BCUT2D eigenvalue weighted by Gasteiger charge is -2.34. The van der Waals surface area contributed by atoms with Gasteiger partial charge in [0.25, 0.3) is 0 Å². The van der Waals surface area contributed by atoms with Gasteiger partial charge in [-0.1, -0.05) is 43.7 Å². The Bertz CT molecular complexity index is 772. The lowest BCUT2D eigenvalue weighted by molar-refractivity contribution is 0.0316. The molecule has 0 amide bonds. The van der Waals surface area contributed by atoms with Gasteiger partial charge in [0.2, 0.25) is 0 Å². The molecule has 1 atom stereocenters. The van der Waals surface area contributed by atoms with Crippen LogP contribution in [-0.4, -0.2) is 48.3 Å². The summed E-state index contributed by atoms with van der Waals surface area (Å²) in [6.07, 6.45) is 5.31. The Balaban J connectivity index is 1.69. The van der Waals surface area contributed by atoms with Crippen LogP contribution in [0.5, 0.6) is 11.5 Å². The SMILES string of the molecule is CCCOc1cc(O)ccc1C(=O)OC[C@H](Cc1ccccc1)N1CCCCC1. The van der Waals surface area contributed by atoms with Crippen molar-refractivity contribution < 1.29 is 19.4 Å². The summed E-state index contributed by atoms with van der Waals surface area (Å²) >= 11 is 0. The highest BCUT2D eigenvalue weighted by atomic mass is 16.5. The molecule has 0 aromatic heterocycles. The number of phenolic OH excluding ortho intramolecular Hbond substituents is 1. The summed E-state index contributed by atoms with van der Waals surface area (Å²) < 4.78 is 11.4. The van der Waals surface area contributed by atoms with Crippen molar-refractivity contribution in [3.8, 4) is 11.5 Å². The summed E-state index contributed by atoms with van der Waals surface area (Å²) in [5.74, 6) is 0.0310. The number of likely N-dealkylation sites (tertiary alicyclic amines) is 1. The molecule has 2 aromatic rings. The van der Waals surface area contributed by atoms with E-state index in [0.717, 1.165) is 25.9 Å². The van der Waals surface area contributed by atoms with Gasteiger partial charge in [-0.05, 0) is 56.5 Å². The number of piperidine rings is 1. The summed E-state index contributed by atoms with van der Waals surface area (Å²) in [5, 5.41) is 9.73. The standard InChI is InChI=1S/C24H31NO4/c1-2-15-28-23-17-21(26)11-12-22(23)24(27)29-18-20(25-13-7-4-8-14-25)16-19-9-5-3-6-10-19/h3,5-6,9-12,17,20,26H,2,4,7-8,13-16,18H2,1H3/t20-/m0/s1. The molecule has 1 saturated heterocycles. The molecule has 1 aliphatic heterocycles. The van der Waals surface area contributed by atoms with Gasteiger partial charge < -0.3 is 14.6 Å². The van der Waals surface area contributed by atoms with Gasteiger partial charge in [0.1, 0.15) is 23.7 Å². The molecule has 0 spiro atoms. The highest BCUT2D eigenvalue weighted by Gasteiger charge is 2.24. The largest absolute Gasteiger partial charge is 0.508 e. The van der Waals surface area contributed by atoms with Crippen molar-refractivity contribution >= 4 is 5.97 Å². The van der Waals surface area contributed by atoms with Gasteiger partial charge in [0, 0.05) is 12.1 Å². The second-order valence-corrected chi connectivity index (χ2v) is 7.57. The fourth-order valence-electron chi connectivity index (χ4n) is 3.72. The zero-order chi connectivity index (χ0) is 20.5. The molecule has 5 heteroatoms. The first-order valence-electron chi connectivity index (χ1n) is 10.6. The lowest BCUT2D eigenvalue weighted by Crippen LogP contribution is -2.43. The number of hydrogen-bond donors (Lipinski definition) is 1. The highest BCUT2D eigenvalue weighted by molar-refractivity contribution is 5.92. The van der Waals surface area contributed by atoms with Crippen LogP contribution >= 0.6 is 0 Å². The van der Waals surface area contributed by atoms with Gasteiger partial charge in [-0.3, -0.25) is 4.90 Å². The minimum atomic E-state index is -0.411. The van der Waals surface area contributed by atoms with Crippen molar-refractivity contribution in [3.63, 3.8) is 0 Å². The Morgan fingerprint density at radius 1 is 1.10 bits per heavy atom. The van der Waals surface area contributed by atoms with Gasteiger partial charge in [-0.2, -0.15) is 0 Å². The lowest BCUT2D eigenvalue weighted by atomic mass is 10.0. The molecule has 0 aliphatic carbocycles. The molecule has 0 unspecified atom stereocenters. The van der Waals surface area contributed by atoms with E-state index in [4.69, 9.17) is 9.47 Å². The normalized spacial score (nSPS) is 15.6. The maximum absolute atomic E-state index is 12.8. The van der Waals surface area contributed by atoms with Crippen LogP contribution < -0.4 is 4.74 Å². The quantitative estimate of drug-likeness (QED) is 0.634. The number of carbonyl (C=O) groups excluding carboxylic acids is 1. The molecule has 0 saturated carbocycles. The van der Waals surface area contributed by atoms with E-state index in [2.05, 4.69) is 17.0 Å². The number of carbonyl (C=O) groups is 1. The molecular weight excluding hydrogens is 366 g/mol. The average Bonchev–Trinajstić information content (AvgIpc) is 2.76. The van der Waals surface area contributed by atoms with Crippen LogP contribution in [0.15, 0.2) is 48.5 Å². The smallest absolute Gasteiger partial charge is 0.341 e. The van der Waals surface area contributed by atoms with Crippen LogP contribution in [0.3, 0.4) is 0 Å². The zero-order valence-corrected chi connectivity index (χ0v) is 17.2. The molecule has 1 N–H and O–H groups in total. The van der Waals surface area contributed by atoms with Gasteiger partial charge in [-0.25, -0.2) is 4.79 Å². The summed E-state index contributed by atoms with van der Waals surface area (Å²) in [5.41, 5.74) is 1.60. The number of phenols is 1. The summed E-state index contributed by atoms with van der Waals surface area (Å²) in [6, 6.07) is 15.0. The third-order valence-electron chi connectivity index (χ3n) is 5.27. The van der Waals surface area contributed by atoms with Crippen molar-refractivity contribution in [2.45, 2.75) is 45.1 Å². The summed E-state index contributed by atoms with van der Waals surface area (Å²) in [6.45, 7) is 4.89. The molecular formula is C24H31NO4. The van der Waals surface area contributed by atoms with Crippen molar-refractivity contribution in [2.75, 3.05) is 26.3 Å². The average molecular weight is 398 g/mol. The van der Waals surface area contributed by atoms with E-state index in [1.165, 1.54) is 37.0 Å². The first-order chi connectivity index (χ1) is 14.2. The van der Waals surface area contributed by atoms with E-state index in [-0.39, 0.29) is 11.8 Å². The van der Waals surface area contributed by atoms with Crippen LogP contribution in [0.4, 0.5) is 0 Å². The highest BCUT2D eigenvalue weighted by Crippen LogP contribution is 2.25. The first kappa shape index (κ1) is 21.2. The fourth-order valence-corrected chi connectivity index (χ4v) is 3.72. The fraction of sp³-hybridized carbons (Fsp3) is 0.458. The van der Waals surface area contributed by atoms with Gasteiger partial charge >= 0.3 is 5.97 Å². The van der Waals surface area contributed by atoms with Crippen LogP contribution in [0.2, 0.25) is 0 Å². The first-order valence-corrected chi connectivity index (χ1v) is 10.6. The van der Waals surface area contributed by atoms with E-state index in [1.807, 2.05) is 25.1 Å². The van der Waals surface area contributed by atoms with Gasteiger partial charge in [0.05, 0.1) is 6.61 Å². The Morgan fingerprint density at radius 2 is 1.86 bits per heavy atom. The van der Waals surface area contributed by atoms with Gasteiger partial charge in [-0.15, -0.1) is 0 Å². The predicted molar refractivity (Wildman–Crippen MR) is 114 cm³/mol. The van der Waals surface area contributed by atoms with Crippen molar-refractivity contribution in [1.29, 1.82) is 0 Å². The van der Waals surface area contributed by atoms with Crippen LogP contribution in [-0.2, 0) is 11.2 Å². The molecule has 156 valence electrons. The van der Waals surface area contributed by atoms with Gasteiger partial charge in [0.15, 0.2) is 0 Å². The van der Waals surface area contributed by atoms with Crippen molar-refractivity contribution in [3.05, 3.63) is 59.7 Å². The van der Waals surface area contributed by atoms with Crippen LogP contribution in [0.25, 0.3) is 0 Å². The number of hydrogen-bond acceptors (Lipinski definition) is 5. The third-order valence-corrected chi connectivity index (χ3v) is 5.27. The Hall–Kier alpha value is -2.53. The van der Waals surface area contributed by atoms with Crippen molar-refractivity contribution in [1.82, 2.24) is 4.90 Å². The van der Waals surface area contributed by atoms with E-state index < -0.39 is 5.97 Å². The summed E-state index contributed by atoms with van der Waals surface area (Å²) in [4.78, 5) is 15.2. The molecule has 1 aliphatic rings. The number of esters is 1. The molecule has 3 rings (SSSR count). The maximum atomic E-state index is 12.8. The minimum absolute atomic E-state index is 0.0722. The Morgan fingerprint density at radius 3 is 2.59 bits per heavy atom. The monoisotopic (exact) mass is 397 g/mol. The summed E-state index contributed by atoms with van der Waals surface area (Å²) in [7, 11) is 0. The Labute approximate surface area is 173 Å². The molecule has 0 radical (unpaired) electrons. The predicted octanol–water partition coefficient (Wildman–Crippen LogP) is 4.44. The second-order valence-electron chi connectivity index (χ2n) is 7.57. The number of rotatable bonds is 9. The maximum Gasteiger partial charge on any atom is 0.341 e. The van der Waals surface area contributed by atoms with E-state index >= 15 is 0 Å². The van der Waals surface area contributed by atoms with Crippen LogP contribution in [0, 0.1) is 0 Å². The Kier molecular flexibility index (Phi) is 7.94. The molecule has 0 bridgehead atoms. The minimum Gasteiger partial charge on any atom is -0.508 e. The number of ether oxygens (including phenoxy) is 2. The molecule has 29 heavy (non-hydrogen) atoms. The number of benzene rings is 2. The topological polar surface area (TPSA) is 59.0 Å². The molecule has 1 fully saturated rings. The van der Waals surface area contributed by atoms with Crippen LogP contribution in [0.1, 0.15) is 48.5 Å². The zero-order valence-electron chi connectivity index (χ0n) is 17.2. The molecule has 2 aromatic carbocycles. The van der Waals surface area contributed by atoms with E-state index in [1.54, 1.807) is 6.07 Å². The van der Waals surface area contributed by atoms with E-state index in [9.17, 15) is 9.90 Å². The second kappa shape index (κ2) is 10.9. The number of aromatic hydroxyl groups is 1. The van der Waals surface area contributed by atoms with Crippen molar-refractivity contribution in [2.24, 2.45) is 0 Å². The molecule has 5 nitrogen and oxygen atoms in total.